The fraction of sp³-hybridized carbons (Fsp3) is 0.240. The number of ether oxygens (including phenoxy) is 2. The molecule has 0 saturated carbocycles. The van der Waals surface area contributed by atoms with E-state index in [4.69, 9.17) is 9.47 Å². The molecule has 3 rings (SSSR count). The molecular weight excluding hydrogens is 503 g/mol. The van der Waals surface area contributed by atoms with Crippen LogP contribution in [0.25, 0.3) is 0 Å². The van der Waals surface area contributed by atoms with Gasteiger partial charge in [0.2, 0.25) is 0 Å². The number of para-hydroxylation sites is 1. The highest BCUT2D eigenvalue weighted by atomic mass is 127. The maximum atomic E-state index is 12.3. The van der Waals surface area contributed by atoms with Gasteiger partial charge in [0, 0.05) is 17.9 Å². The second-order valence-electron chi connectivity index (χ2n) is 7.14. The molecule has 0 unspecified atom stereocenters. The molecule has 0 saturated heterocycles. The summed E-state index contributed by atoms with van der Waals surface area (Å²) in [5.74, 6) is 1.01. The van der Waals surface area contributed by atoms with E-state index in [0.29, 0.717) is 24.7 Å². The first-order chi connectivity index (χ1) is 15.0. The van der Waals surface area contributed by atoms with Gasteiger partial charge in [-0.25, -0.2) is 0 Å². The van der Waals surface area contributed by atoms with Crippen LogP contribution >= 0.6 is 22.6 Å². The lowest BCUT2D eigenvalue weighted by Crippen LogP contribution is -2.20. The van der Waals surface area contributed by atoms with Crippen molar-refractivity contribution in [2.75, 3.05) is 23.8 Å². The minimum atomic E-state index is -0.217. The summed E-state index contributed by atoms with van der Waals surface area (Å²) in [6.45, 7) is 7.23. The van der Waals surface area contributed by atoms with Crippen molar-refractivity contribution in [1.29, 1.82) is 0 Å². The SMILES string of the molecule is CCOc1cc(CNc2cccc(C)c2C)cc(I)c1OCC(=O)Nc1ccccc1. The summed E-state index contributed by atoms with van der Waals surface area (Å²) in [5, 5.41) is 6.33. The molecule has 2 N–H and O–H groups in total. The van der Waals surface area contributed by atoms with Crippen molar-refractivity contribution in [3.05, 3.63) is 80.9 Å². The monoisotopic (exact) mass is 530 g/mol. The standard InChI is InChI=1S/C25H27IN2O3/c1-4-30-23-14-19(15-27-22-12-8-9-17(2)18(22)3)13-21(26)25(23)31-16-24(29)28-20-10-6-5-7-11-20/h5-14,27H,4,15-16H2,1-3H3,(H,28,29). The summed E-state index contributed by atoms with van der Waals surface area (Å²) < 4.78 is 12.6. The molecule has 0 aliphatic rings. The lowest BCUT2D eigenvalue weighted by atomic mass is 10.1. The predicted octanol–water partition coefficient (Wildman–Crippen LogP) is 5.94. The van der Waals surface area contributed by atoms with Gasteiger partial charge >= 0.3 is 0 Å². The van der Waals surface area contributed by atoms with Crippen LogP contribution in [-0.2, 0) is 11.3 Å². The van der Waals surface area contributed by atoms with Crippen molar-refractivity contribution in [1.82, 2.24) is 0 Å². The Kier molecular flexibility index (Phi) is 8.17. The molecule has 162 valence electrons. The maximum Gasteiger partial charge on any atom is 0.262 e. The van der Waals surface area contributed by atoms with Crippen molar-refractivity contribution in [3.8, 4) is 11.5 Å². The largest absolute Gasteiger partial charge is 0.490 e. The third-order valence-corrected chi connectivity index (χ3v) is 5.66. The summed E-state index contributed by atoms with van der Waals surface area (Å²) in [4.78, 5) is 12.3. The molecule has 0 spiro atoms. The second-order valence-corrected chi connectivity index (χ2v) is 8.30. The first-order valence-corrected chi connectivity index (χ1v) is 11.3. The molecule has 6 heteroatoms. The third kappa shape index (κ3) is 6.37. The van der Waals surface area contributed by atoms with Crippen molar-refractivity contribution in [3.63, 3.8) is 0 Å². The average molecular weight is 530 g/mol. The van der Waals surface area contributed by atoms with Gasteiger partial charge < -0.3 is 20.1 Å². The van der Waals surface area contributed by atoms with Gasteiger partial charge in [-0.2, -0.15) is 0 Å². The highest BCUT2D eigenvalue weighted by Gasteiger charge is 2.14. The third-order valence-electron chi connectivity index (χ3n) is 4.86. The lowest BCUT2D eigenvalue weighted by Gasteiger charge is -2.17. The van der Waals surface area contributed by atoms with E-state index in [0.717, 1.165) is 20.5 Å². The fourth-order valence-corrected chi connectivity index (χ4v) is 3.94. The molecule has 31 heavy (non-hydrogen) atoms. The number of amides is 1. The van der Waals surface area contributed by atoms with Crippen LogP contribution in [0.4, 0.5) is 11.4 Å². The molecular formula is C25H27IN2O3. The minimum absolute atomic E-state index is 0.0922. The van der Waals surface area contributed by atoms with Gasteiger partial charge in [0.05, 0.1) is 10.2 Å². The van der Waals surface area contributed by atoms with Gasteiger partial charge in [0.25, 0.3) is 5.91 Å². The Bertz CT molecular complexity index is 1040. The number of carbonyl (C=O) groups is 1. The molecule has 1 amide bonds. The van der Waals surface area contributed by atoms with Crippen LogP contribution in [0.2, 0.25) is 0 Å². The Hall–Kier alpha value is -2.74. The number of halogens is 1. The van der Waals surface area contributed by atoms with E-state index in [9.17, 15) is 4.79 Å². The maximum absolute atomic E-state index is 12.3. The molecule has 0 aromatic heterocycles. The summed E-state index contributed by atoms with van der Waals surface area (Å²) in [5.41, 5.74) is 5.43. The average Bonchev–Trinajstić information content (AvgIpc) is 2.75. The summed E-state index contributed by atoms with van der Waals surface area (Å²) in [7, 11) is 0. The number of carbonyl (C=O) groups excluding carboxylic acids is 1. The smallest absolute Gasteiger partial charge is 0.262 e. The van der Waals surface area contributed by atoms with E-state index >= 15 is 0 Å². The highest BCUT2D eigenvalue weighted by molar-refractivity contribution is 14.1. The number of aryl methyl sites for hydroxylation is 1. The first-order valence-electron chi connectivity index (χ1n) is 10.2. The number of rotatable bonds is 9. The van der Waals surface area contributed by atoms with Crippen LogP contribution in [0.15, 0.2) is 60.7 Å². The van der Waals surface area contributed by atoms with Crippen LogP contribution in [0.5, 0.6) is 11.5 Å². The zero-order valence-corrected chi connectivity index (χ0v) is 20.2. The quantitative estimate of drug-likeness (QED) is 0.337. The Morgan fingerprint density at radius 3 is 2.52 bits per heavy atom. The van der Waals surface area contributed by atoms with Gasteiger partial charge in [0.15, 0.2) is 18.1 Å². The summed E-state index contributed by atoms with van der Waals surface area (Å²) >= 11 is 2.22. The molecule has 3 aromatic rings. The molecule has 3 aromatic carbocycles. The zero-order chi connectivity index (χ0) is 22.2. The van der Waals surface area contributed by atoms with Gasteiger partial charge in [-0.1, -0.05) is 30.3 Å². The Morgan fingerprint density at radius 2 is 1.77 bits per heavy atom. The number of benzene rings is 3. The van der Waals surface area contributed by atoms with Crippen LogP contribution in [0.1, 0.15) is 23.6 Å². The Morgan fingerprint density at radius 1 is 1.00 bits per heavy atom. The van der Waals surface area contributed by atoms with Crippen LogP contribution < -0.4 is 20.1 Å². The van der Waals surface area contributed by atoms with Crippen molar-refractivity contribution < 1.29 is 14.3 Å². The fourth-order valence-electron chi connectivity index (χ4n) is 3.12. The second kappa shape index (κ2) is 11.0. The van der Waals surface area contributed by atoms with E-state index in [1.807, 2.05) is 49.4 Å². The predicted molar refractivity (Wildman–Crippen MR) is 134 cm³/mol. The van der Waals surface area contributed by atoms with E-state index in [-0.39, 0.29) is 12.5 Å². The lowest BCUT2D eigenvalue weighted by molar-refractivity contribution is -0.118. The molecule has 5 nitrogen and oxygen atoms in total. The molecule has 0 aliphatic carbocycles. The van der Waals surface area contributed by atoms with E-state index in [2.05, 4.69) is 65.3 Å². The summed E-state index contributed by atoms with van der Waals surface area (Å²) in [6, 6.07) is 19.6. The number of anilines is 2. The molecule has 0 atom stereocenters. The number of hydrogen-bond donors (Lipinski definition) is 2. The van der Waals surface area contributed by atoms with Crippen molar-refractivity contribution >= 4 is 39.9 Å². The Balaban J connectivity index is 1.69. The normalized spacial score (nSPS) is 10.5. The zero-order valence-electron chi connectivity index (χ0n) is 18.0. The van der Waals surface area contributed by atoms with Crippen LogP contribution in [0.3, 0.4) is 0 Å². The van der Waals surface area contributed by atoms with E-state index in [1.165, 1.54) is 11.1 Å². The summed E-state index contributed by atoms with van der Waals surface area (Å²) in [6.07, 6.45) is 0. The molecule has 0 radical (unpaired) electrons. The van der Waals surface area contributed by atoms with Gasteiger partial charge in [-0.3, -0.25) is 4.79 Å². The Labute approximate surface area is 197 Å². The van der Waals surface area contributed by atoms with Gasteiger partial charge in [-0.15, -0.1) is 0 Å². The topological polar surface area (TPSA) is 59.6 Å². The molecule has 0 fully saturated rings. The number of hydrogen-bond acceptors (Lipinski definition) is 4. The van der Waals surface area contributed by atoms with Crippen molar-refractivity contribution in [2.24, 2.45) is 0 Å². The van der Waals surface area contributed by atoms with Crippen molar-refractivity contribution in [2.45, 2.75) is 27.3 Å². The van der Waals surface area contributed by atoms with Crippen LogP contribution in [-0.4, -0.2) is 19.1 Å². The molecule has 0 heterocycles. The molecule has 0 bridgehead atoms. The van der Waals surface area contributed by atoms with E-state index in [1.54, 1.807) is 0 Å². The highest BCUT2D eigenvalue weighted by Crippen LogP contribution is 2.34. The number of nitrogens with one attached hydrogen (secondary N) is 2. The van der Waals surface area contributed by atoms with Crippen LogP contribution in [0, 0.1) is 17.4 Å². The minimum Gasteiger partial charge on any atom is -0.490 e. The van der Waals surface area contributed by atoms with E-state index < -0.39 is 0 Å². The molecule has 0 aliphatic heterocycles. The van der Waals surface area contributed by atoms with Gasteiger partial charge in [0.1, 0.15) is 0 Å². The van der Waals surface area contributed by atoms with Gasteiger partial charge in [-0.05, 0) is 90.4 Å². The first kappa shape index (κ1) is 22.9.